The number of aliphatic hydroxyl groups is 1. The highest BCUT2D eigenvalue weighted by Crippen LogP contribution is 2.34. The first-order valence-electron chi connectivity index (χ1n) is 5.25. The van der Waals surface area contributed by atoms with Crippen molar-refractivity contribution in [1.82, 2.24) is 0 Å². The lowest BCUT2D eigenvalue weighted by Gasteiger charge is -2.23. The Labute approximate surface area is 94.8 Å². The molecule has 88 valence electrons. The van der Waals surface area contributed by atoms with Crippen LogP contribution in [0.3, 0.4) is 0 Å². The summed E-state index contributed by atoms with van der Waals surface area (Å²) in [5, 5.41) is 9.00. The van der Waals surface area contributed by atoms with Gasteiger partial charge in [0.25, 0.3) is 0 Å². The second-order valence-electron chi connectivity index (χ2n) is 3.91. The maximum atomic E-state index is 9.00. The molecule has 0 saturated carbocycles. The molecule has 0 radical (unpaired) electrons. The van der Waals surface area contributed by atoms with Crippen LogP contribution in [0.25, 0.3) is 0 Å². The van der Waals surface area contributed by atoms with Crippen LogP contribution in [0.4, 0.5) is 0 Å². The molecule has 1 aromatic carbocycles. The van der Waals surface area contributed by atoms with E-state index < -0.39 is 5.79 Å². The molecule has 1 fully saturated rings. The fourth-order valence-electron chi connectivity index (χ4n) is 1.77. The monoisotopic (exact) mass is 224 g/mol. The van der Waals surface area contributed by atoms with Crippen LogP contribution in [0.15, 0.2) is 24.3 Å². The van der Waals surface area contributed by atoms with Crippen LogP contribution in [0.1, 0.15) is 12.5 Å². The van der Waals surface area contributed by atoms with Crippen molar-refractivity contribution in [3.05, 3.63) is 29.8 Å². The number of hydrogen-bond donors (Lipinski definition) is 1. The van der Waals surface area contributed by atoms with Crippen molar-refractivity contribution in [2.45, 2.75) is 18.8 Å². The molecule has 0 aliphatic carbocycles. The molecular weight excluding hydrogens is 208 g/mol. The molecule has 1 aromatic rings. The Morgan fingerprint density at radius 1 is 1.44 bits per heavy atom. The molecule has 4 heteroatoms. The fourth-order valence-corrected chi connectivity index (χ4v) is 1.77. The first-order valence-corrected chi connectivity index (χ1v) is 5.25. The second kappa shape index (κ2) is 4.41. The van der Waals surface area contributed by atoms with Crippen molar-refractivity contribution in [3.63, 3.8) is 0 Å². The van der Waals surface area contributed by atoms with Gasteiger partial charge in [-0.05, 0) is 31.2 Å². The maximum Gasteiger partial charge on any atom is 0.192 e. The first-order chi connectivity index (χ1) is 7.68. The zero-order valence-electron chi connectivity index (χ0n) is 9.47. The van der Waals surface area contributed by atoms with Crippen molar-refractivity contribution >= 4 is 0 Å². The summed E-state index contributed by atoms with van der Waals surface area (Å²) in [6.45, 7) is 2.25. The number of methoxy groups -OCH3 is 1. The molecule has 1 heterocycles. The Morgan fingerprint density at radius 3 is 2.62 bits per heavy atom. The lowest BCUT2D eigenvalue weighted by molar-refractivity contribution is -0.165. The molecular formula is C12H16O4. The second-order valence-corrected chi connectivity index (χ2v) is 3.91. The van der Waals surface area contributed by atoms with Gasteiger partial charge in [-0.3, -0.25) is 0 Å². The Kier molecular flexibility index (Phi) is 3.14. The summed E-state index contributed by atoms with van der Waals surface area (Å²) in [5.74, 6) is 0.0312. The first kappa shape index (κ1) is 11.4. The van der Waals surface area contributed by atoms with Crippen molar-refractivity contribution in [2.24, 2.45) is 0 Å². The predicted molar refractivity (Wildman–Crippen MR) is 58.3 cm³/mol. The van der Waals surface area contributed by atoms with E-state index in [1.165, 1.54) is 0 Å². The van der Waals surface area contributed by atoms with Crippen molar-refractivity contribution in [1.29, 1.82) is 0 Å². The Morgan fingerprint density at radius 2 is 2.12 bits per heavy atom. The third-order valence-electron chi connectivity index (χ3n) is 2.75. The minimum atomic E-state index is -0.764. The van der Waals surface area contributed by atoms with E-state index in [2.05, 4.69) is 0 Å². The minimum Gasteiger partial charge on any atom is -0.497 e. The lowest BCUT2D eigenvalue weighted by atomic mass is 10.1. The van der Waals surface area contributed by atoms with E-state index in [0.29, 0.717) is 6.61 Å². The fraction of sp³-hybridized carbons (Fsp3) is 0.500. The van der Waals surface area contributed by atoms with Gasteiger partial charge in [-0.25, -0.2) is 0 Å². The van der Waals surface area contributed by atoms with Crippen LogP contribution < -0.4 is 4.74 Å². The lowest BCUT2D eigenvalue weighted by Crippen LogP contribution is -2.24. The molecule has 0 spiro atoms. The minimum absolute atomic E-state index is 0.0221. The van der Waals surface area contributed by atoms with E-state index in [1.54, 1.807) is 7.11 Å². The van der Waals surface area contributed by atoms with E-state index in [4.69, 9.17) is 19.3 Å². The molecule has 1 N–H and O–H groups in total. The number of ether oxygens (including phenoxy) is 3. The third kappa shape index (κ3) is 2.04. The topological polar surface area (TPSA) is 47.9 Å². The smallest absolute Gasteiger partial charge is 0.192 e. The van der Waals surface area contributed by atoms with Gasteiger partial charge in [0.05, 0.1) is 20.3 Å². The van der Waals surface area contributed by atoms with Crippen LogP contribution in [0.5, 0.6) is 5.75 Å². The predicted octanol–water partition coefficient (Wildman–Crippen LogP) is 1.28. The van der Waals surface area contributed by atoms with Crippen molar-refractivity contribution < 1.29 is 19.3 Å². The average molecular weight is 224 g/mol. The van der Waals surface area contributed by atoms with Gasteiger partial charge in [0.15, 0.2) is 5.79 Å². The van der Waals surface area contributed by atoms with Gasteiger partial charge in [-0.15, -0.1) is 0 Å². The Bertz CT molecular complexity index is 349. The van der Waals surface area contributed by atoms with Gasteiger partial charge in [-0.2, -0.15) is 0 Å². The van der Waals surface area contributed by atoms with Gasteiger partial charge >= 0.3 is 0 Å². The number of benzene rings is 1. The molecule has 2 rings (SSSR count). The third-order valence-corrected chi connectivity index (χ3v) is 2.75. The molecule has 0 aromatic heterocycles. The maximum absolute atomic E-state index is 9.00. The zero-order chi connectivity index (χ0) is 11.6. The SMILES string of the molecule is COc1ccc([C@@]2(C)OC[C@@H](CO)O2)cc1. The van der Waals surface area contributed by atoms with Crippen LogP contribution in [0, 0.1) is 0 Å². The van der Waals surface area contributed by atoms with Gasteiger partial charge in [0.1, 0.15) is 11.9 Å². The number of hydrogen-bond acceptors (Lipinski definition) is 4. The van der Waals surface area contributed by atoms with Gasteiger partial charge in [-0.1, -0.05) is 0 Å². The van der Waals surface area contributed by atoms with Crippen LogP contribution >= 0.6 is 0 Å². The summed E-state index contributed by atoms with van der Waals surface area (Å²) in [5.41, 5.74) is 0.921. The summed E-state index contributed by atoms with van der Waals surface area (Å²) in [4.78, 5) is 0. The van der Waals surface area contributed by atoms with Crippen LogP contribution in [0.2, 0.25) is 0 Å². The summed E-state index contributed by atoms with van der Waals surface area (Å²) >= 11 is 0. The van der Waals surface area contributed by atoms with Gasteiger partial charge in [0.2, 0.25) is 0 Å². The molecule has 0 bridgehead atoms. The van der Waals surface area contributed by atoms with E-state index in [9.17, 15) is 0 Å². The Hall–Kier alpha value is -1.10. The van der Waals surface area contributed by atoms with E-state index in [1.807, 2.05) is 31.2 Å². The molecule has 16 heavy (non-hydrogen) atoms. The largest absolute Gasteiger partial charge is 0.497 e. The normalized spacial score (nSPS) is 29.3. The quantitative estimate of drug-likeness (QED) is 0.840. The summed E-state index contributed by atoms with van der Waals surface area (Å²) in [6.07, 6.45) is -0.243. The molecule has 0 unspecified atom stereocenters. The molecule has 1 aliphatic rings. The standard InChI is InChI=1S/C12H16O4/c1-12(15-8-11(7-13)16-12)9-3-5-10(14-2)6-4-9/h3-6,11,13H,7-8H2,1-2H3/t11-,12+/m1/s1. The summed E-state index contributed by atoms with van der Waals surface area (Å²) in [7, 11) is 1.63. The highest BCUT2D eigenvalue weighted by molar-refractivity contribution is 5.29. The highest BCUT2D eigenvalue weighted by Gasteiger charge is 2.38. The molecule has 0 amide bonds. The Balaban J connectivity index is 2.17. The summed E-state index contributed by atoms with van der Waals surface area (Å²) < 4.78 is 16.3. The summed E-state index contributed by atoms with van der Waals surface area (Å²) in [6, 6.07) is 7.52. The number of aliphatic hydroxyl groups excluding tert-OH is 1. The van der Waals surface area contributed by atoms with Crippen LogP contribution in [-0.4, -0.2) is 31.5 Å². The zero-order valence-corrected chi connectivity index (χ0v) is 9.47. The average Bonchev–Trinajstić information content (AvgIpc) is 2.73. The van der Waals surface area contributed by atoms with E-state index in [0.717, 1.165) is 11.3 Å². The molecule has 4 nitrogen and oxygen atoms in total. The van der Waals surface area contributed by atoms with E-state index >= 15 is 0 Å². The van der Waals surface area contributed by atoms with Gasteiger partial charge < -0.3 is 19.3 Å². The van der Waals surface area contributed by atoms with Crippen LogP contribution in [-0.2, 0) is 15.3 Å². The molecule has 1 saturated heterocycles. The van der Waals surface area contributed by atoms with Crippen molar-refractivity contribution in [2.75, 3.05) is 20.3 Å². The molecule has 2 atom stereocenters. The highest BCUT2D eigenvalue weighted by atomic mass is 16.7. The van der Waals surface area contributed by atoms with Gasteiger partial charge in [0, 0.05) is 5.56 Å². The number of rotatable bonds is 3. The van der Waals surface area contributed by atoms with E-state index in [-0.39, 0.29) is 12.7 Å². The molecule has 1 aliphatic heterocycles. The van der Waals surface area contributed by atoms with Crippen molar-refractivity contribution in [3.8, 4) is 5.75 Å².